The van der Waals surface area contributed by atoms with Gasteiger partial charge in [0.25, 0.3) is 11.8 Å². The van der Waals surface area contributed by atoms with Crippen LogP contribution in [0.15, 0.2) is 110 Å². The van der Waals surface area contributed by atoms with Gasteiger partial charge in [0.05, 0.1) is 55.5 Å². The van der Waals surface area contributed by atoms with Crippen LogP contribution in [0.5, 0.6) is 11.5 Å². The fourth-order valence-corrected chi connectivity index (χ4v) is 25.5. The quantitative estimate of drug-likeness (QED) is 0.120. The van der Waals surface area contributed by atoms with Gasteiger partial charge in [0, 0.05) is 151 Å². The standard InChI is InChI=1S/C42H52ClN5O4S.C40H52ClN3O6S2/c1-28-7-5-17-42(51-3,25-47-18-15-37-33(22-47)21-44-27-45-37)36-12-9-32(36)23-48-24-41(16-6-8-30-19-34(43)11-13-35(30)41)26-52-39-14-10-31(20-38(39)48)40(49)46-53(4,50)29(28)2;1-27-7-5-16-40(49-3,23-43-20-38(21-43)25-52(47,48)26-38)34-12-9-31(34)19-44-22-39(15-6-8-29-17-32(41)11-13-33(29)39)24-50-36-14-10-30(18-35(36)44)37(45)42-51(4,46)28(27)2/h5,10-11,13-14,17,19-21,27-29,32,36H,4,6-9,12,15-16,18,22-26H2,1-3H3,(H,46,49,50);5,10-11,13-14,16-18,27-28,31,34H,4,6-9,12,15,19-26H2,1-3H3,(H,42,45,46)/b17-5+;16-5+/t28-,29+,32-,36+,41-,42+,53?;27-,28+,31-,34+,39-,40-,51?/m00/s1. The Balaban J connectivity index is 0.000000169. The summed E-state index contributed by atoms with van der Waals surface area (Å²) in [7, 11) is -5.20. The van der Waals surface area contributed by atoms with E-state index in [0.29, 0.717) is 55.6 Å². The molecule has 0 radical (unpaired) electrons. The topological polar surface area (TPSA) is 202 Å². The van der Waals surface area contributed by atoms with Gasteiger partial charge in [0.2, 0.25) is 0 Å². The number of carbonyl (C=O) groups excluding carboxylic acids is 2. The molecule has 4 fully saturated rings. The van der Waals surface area contributed by atoms with Crippen LogP contribution < -0.4 is 28.7 Å². The highest BCUT2D eigenvalue weighted by atomic mass is 35.5. The van der Waals surface area contributed by atoms with Crippen LogP contribution in [0.1, 0.15) is 146 Å². The molecule has 4 bridgehead atoms. The van der Waals surface area contributed by atoms with Crippen LogP contribution in [-0.4, -0.2) is 180 Å². The van der Waals surface area contributed by atoms with Gasteiger partial charge >= 0.3 is 0 Å². The van der Waals surface area contributed by atoms with Gasteiger partial charge < -0.3 is 28.7 Å². The number of nitrogens with zero attached hydrogens (tertiary/aromatic N) is 6. The second-order valence-corrected chi connectivity index (χ2v) is 41.1. The summed E-state index contributed by atoms with van der Waals surface area (Å²) in [4.78, 5) is 46.3. The maximum atomic E-state index is 14.1. The number of aryl methyl sites for hydroxylation is 2. The van der Waals surface area contributed by atoms with Gasteiger partial charge in [0.1, 0.15) is 29.0 Å². The second-order valence-electron chi connectivity index (χ2n) is 33.4. The Morgan fingerprint density at radius 2 is 1.10 bits per heavy atom. The van der Waals surface area contributed by atoms with E-state index in [2.05, 4.69) is 113 Å². The fraction of sp³-hybridized carbons (Fsp3) is 0.561. The summed E-state index contributed by atoms with van der Waals surface area (Å²) in [6.45, 7) is 16.7. The van der Waals surface area contributed by atoms with Crippen LogP contribution in [0, 0.1) is 40.9 Å². The first-order chi connectivity index (χ1) is 50.1. The second kappa shape index (κ2) is 28.8. The van der Waals surface area contributed by atoms with E-state index in [4.69, 9.17) is 42.1 Å². The zero-order valence-corrected chi connectivity index (χ0v) is 65.7. The van der Waals surface area contributed by atoms with Crippen LogP contribution in [-0.2, 0) is 75.4 Å². The zero-order chi connectivity index (χ0) is 73.6. The van der Waals surface area contributed by atoms with Crippen molar-refractivity contribution in [2.24, 2.45) is 40.9 Å². The highest BCUT2D eigenvalue weighted by Crippen LogP contribution is 2.53. The first-order valence-electron chi connectivity index (χ1n) is 38.0. The van der Waals surface area contributed by atoms with Crippen LogP contribution >= 0.6 is 23.2 Å². The number of carbonyl (C=O) groups is 2. The number of aromatic nitrogens is 2. The van der Waals surface area contributed by atoms with Crippen molar-refractivity contribution < 1.29 is 45.4 Å². The number of ether oxygens (including phenoxy) is 4. The van der Waals surface area contributed by atoms with Gasteiger partial charge in [-0.3, -0.25) is 28.8 Å². The number of halogens is 2. The minimum Gasteiger partial charge on any atom is -0.490 e. The molecule has 2 unspecified atom stereocenters. The highest BCUT2D eigenvalue weighted by molar-refractivity contribution is 7.99. The number of nitrogens with one attached hydrogen (secondary N) is 2. The molecule has 8 heterocycles. The number of anilines is 2. The van der Waals surface area contributed by atoms with Crippen LogP contribution in [0.4, 0.5) is 11.4 Å². The van der Waals surface area contributed by atoms with E-state index in [-0.39, 0.29) is 67.8 Å². The summed E-state index contributed by atoms with van der Waals surface area (Å²) in [5, 5.41) is 0.777. The number of allylic oxidation sites excluding steroid dienone is 2. The molecule has 2 saturated heterocycles. The first-order valence-corrected chi connectivity index (χ1v) is 44.2. The van der Waals surface area contributed by atoms with E-state index in [1.165, 1.54) is 27.8 Å². The Bertz CT molecular complexity index is 4600. The van der Waals surface area contributed by atoms with E-state index in [1.54, 1.807) is 18.5 Å². The molecule has 14 atom stereocenters. The lowest BCUT2D eigenvalue weighted by Gasteiger charge is -2.58. The van der Waals surface area contributed by atoms with Crippen LogP contribution in [0.3, 0.4) is 0 Å². The third-order valence-corrected chi connectivity index (χ3v) is 33.5. The Kier molecular flexibility index (Phi) is 20.4. The van der Waals surface area contributed by atoms with Crippen LogP contribution in [0.25, 0.3) is 0 Å². The van der Waals surface area contributed by atoms with E-state index in [9.17, 15) is 26.4 Å². The summed E-state index contributed by atoms with van der Waals surface area (Å²) >= 11 is 13.0. The Labute approximate surface area is 632 Å². The Morgan fingerprint density at radius 3 is 1.55 bits per heavy atom. The van der Waals surface area contributed by atoms with Gasteiger partial charge in [-0.25, -0.2) is 26.8 Å². The summed E-state index contributed by atoms with van der Waals surface area (Å²) in [5.41, 5.74) is 8.39. The molecule has 7 aliphatic heterocycles. The number of benzene rings is 4. The molecule has 18 nitrogen and oxygen atoms in total. The van der Waals surface area contributed by atoms with Gasteiger partial charge in [-0.1, -0.05) is 73.5 Å². The molecule has 2 N–H and O–H groups in total. The smallest absolute Gasteiger partial charge is 0.262 e. The lowest BCUT2D eigenvalue weighted by molar-refractivity contribution is -0.115. The fourth-order valence-electron chi connectivity index (χ4n) is 20.1. The maximum absolute atomic E-state index is 14.1. The van der Waals surface area contributed by atoms with Crippen LogP contribution in [0.2, 0.25) is 10.0 Å². The van der Waals surface area contributed by atoms with E-state index < -0.39 is 46.4 Å². The van der Waals surface area contributed by atoms with E-state index in [0.717, 1.165) is 168 Å². The number of amides is 2. The van der Waals surface area contributed by atoms with Crippen molar-refractivity contribution >= 4 is 87.4 Å². The average Bonchev–Trinajstić information content (AvgIpc) is 1.38. The lowest BCUT2D eigenvalue weighted by Crippen LogP contribution is -2.71. The number of sulfone groups is 1. The zero-order valence-electron chi connectivity index (χ0n) is 61.8. The molecule has 11 aliphatic rings. The molecule has 3 spiro atoms. The molecule has 4 aliphatic carbocycles. The maximum Gasteiger partial charge on any atom is 0.262 e. The van der Waals surface area contributed by atoms with Gasteiger partial charge in [-0.05, 0) is 221 Å². The average molecular weight is 1530 g/mol. The highest BCUT2D eigenvalue weighted by Gasteiger charge is 2.59. The number of hydrogen-bond donors (Lipinski definition) is 2. The third kappa shape index (κ3) is 14.4. The van der Waals surface area contributed by atoms with Crippen molar-refractivity contribution in [2.45, 2.75) is 150 Å². The largest absolute Gasteiger partial charge is 0.490 e. The predicted molar refractivity (Wildman–Crippen MR) is 421 cm³/mol. The molecule has 2 saturated carbocycles. The normalized spacial score (nSPS) is 35.4. The van der Waals surface area contributed by atoms with Crippen molar-refractivity contribution in [3.8, 4) is 11.5 Å². The number of fused-ring (bicyclic) bond motifs is 9. The molecular formula is C82H104Cl2N8O10S3. The minimum atomic E-state index is -2.99. The molecule has 4 aromatic carbocycles. The SMILES string of the molecule is C=S1(=O)NC(=O)c2ccc3c(c2)N(C[C@@H]2CC[C@H]2[C@@](CN2CCc4ncncc4C2)(OC)/C=C/C[C@H](C)[C@H]1C)C[C@@]1(CCCc2cc(Cl)ccc21)CO3.C=S1(=O)NC(=O)c2ccc3c(c2)N(C[C@@H]2CC[C@H]2[C@](CN2CC4(C2)CS(=O)(=O)C4)(OC)/C=C/C[C@H](C)[C@H]1C)C[C@@]1(CCCc2cc(Cl)ccc21)CO3. The monoisotopic (exact) mass is 1530 g/mol. The summed E-state index contributed by atoms with van der Waals surface area (Å²) in [6, 6.07) is 23.8. The number of hydrogen-bond acceptors (Lipinski definition) is 16. The van der Waals surface area contributed by atoms with Gasteiger partial charge in [-0.2, -0.15) is 0 Å². The first kappa shape index (κ1) is 74.5. The Morgan fingerprint density at radius 1 is 0.610 bits per heavy atom. The Hall–Kier alpha value is -6.01. The van der Waals surface area contributed by atoms with Crippen molar-refractivity contribution in [1.29, 1.82) is 0 Å². The van der Waals surface area contributed by atoms with E-state index in [1.807, 2.05) is 70.7 Å². The number of methoxy groups -OCH3 is 2. The summed E-state index contributed by atoms with van der Waals surface area (Å²) < 4.78 is 84.7. The number of rotatable bonds is 6. The molecular weight excluding hydrogens is 1420 g/mol. The summed E-state index contributed by atoms with van der Waals surface area (Å²) in [5.74, 6) is 10.5. The molecule has 564 valence electrons. The third-order valence-electron chi connectivity index (χ3n) is 26.6. The van der Waals surface area contributed by atoms with Crippen molar-refractivity contribution in [1.82, 2.24) is 29.2 Å². The molecule has 5 aromatic rings. The van der Waals surface area contributed by atoms with Crippen molar-refractivity contribution in [3.63, 3.8) is 0 Å². The van der Waals surface area contributed by atoms with Gasteiger partial charge in [0.15, 0.2) is 9.84 Å². The minimum absolute atomic E-state index is 0.00981. The molecule has 23 heteroatoms. The molecule has 1 aromatic heterocycles. The molecule has 2 amide bonds. The lowest BCUT2D eigenvalue weighted by atomic mass is 9.63. The van der Waals surface area contributed by atoms with Crippen molar-refractivity contribution in [2.75, 3.05) is 108 Å². The molecule has 105 heavy (non-hydrogen) atoms. The number of likely N-dealkylation sites (tertiary alicyclic amines) is 1. The predicted octanol–water partition coefficient (Wildman–Crippen LogP) is 11.7. The van der Waals surface area contributed by atoms with E-state index >= 15 is 0 Å². The molecule has 16 rings (SSSR count). The van der Waals surface area contributed by atoms with Gasteiger partial charge in [-0.15, -0.1) is 0 Å². The van der Waals surface area contributed by atoms with Crippen molar-refractivity contribution in [3.05, 3.63) is 164 Å². The summed E-state index contributed by atoms with van der Waals surface area (Å²) in [6.07, 6.45) is 25.0.